The Bertz CT molecular complexity index is 570. The Kier molecular flexibility index (Phi) is 3.78. The van der Waals surface area contributed by atoms with E-state index in [0.717, 1.165) is 49.1 Å². The molecule has 0 radical (unpaired) electrons. The van der Waals surface area contributed by atoms with Gasteiger partial charge in [0, 0.05) is 13.1 Å². The van der Waals surface area contributed by atoms with Crippen molar-refractivity contribution in [3.05, 3.63) is 42.4 Å². The van der Waals surface area contributed by atoms with Crippen molar-refractivity contribution in [1.29, 1.82) is 0 Å². The first-order valence-corrected chi connectivity index (χ1v) is 6.83. The lowest BCUT2D eigenvalue weighted by molar-refractivity contribution is 0.322. The van der Waals surface area contributed by atoms with Crippen LogP contribution in [0.15, 0.2) is 36.7 Å². The summed E-state index contributed by atoms with van der Waals surface area (Å²) in [6.07, 6.45) is 4.61. The number of benzene rings is 1. The standard InChI is InChI=1S/C15H18N4O/c1-16-9-12-10-18-15(11-17-12)19-7-4-8-20-14-6-3-2-5-13(14)19/h2-3,5-6,10-11,16H,4,7-9H2,1H3. The van der Waals surface area contributed by atoms with Crippen molar-refractivity contribution < 1.29 is 4.74 Å². The summed E-state index contributed by atoms with van der Waals surface area (Å²) in [6, 6.07) is 8.06. The van der Waals surface area contributed by atoms with Crippen LogP contribution in [0.2, 0.25) is 0 Å². The van der Waals surface area contributed by atoms with Crippen molar-refractivity contribution >= 4 is 11.5 Å². The lowest BCUT2D eigenvalue weighted by Gasteiger charge is -2.22. The fourth-order valence-electron chi connectivity index (χ4n) is 2.33. The van der Waals surface area contributed by atoms with Crippen molar-refractivity contribution in [2.75, 3.05) is 25.1 Å². The van der Waals surface area contributed by atoms with Crippen molar-refractivity contribution in [3.63, 3.8) is 0 Å². The number of ether oxygens (including phenoxy) is 1. The molecule has 0 amide bonds. The lowest BCUT2D eigenvalue weighted by Crippen LogP contribution is -2.19. The highest BCUT2D eigenvalue weighted by Crippen LogP contribution is 2.34. The molecule has 5 heteroatoms. The van der Waals surface area contributed by atoms with Crippen molar-refractivity contribution in [2.24, 2.45) is 0 Å². The maximum absolute atomic E-state index is 5.76. The van der Waals surface area contributed by atoms with Gasteiger partial charge in [0.15, 0.2) is 5.82 Å². The Morgan fingerprint density at radius 2 is 2.15 bits per heavy atom. The summed E-state index contributed by atoms with van der Waals surface area (Å²) in [5.41, 5.74) is 2.00. The van der Waals surface area contributed by atoms with E-state index in [0.29, 0.717) is 0 Å². The molecule has 0 aliphatic carbocycles. The second-order valence-electron chi connectivity index (χ2n) is 4.72. The Labute approximate surface area is 118 Å². The van der Waals surface area contributed by atoms with Gasteiger partial charge in [0.2, 0.25) is 0 Å². The molecular weight excluding hydrogens is 252 g/mol. The van der Waals surface area contributed by atoms with Gasteiger partial charge in [-0.3, -0.25) is 4.98 Å². The number of hydrogen-bond donors (Lipinski definition) is 1. The number of nitrogens with zero attached hydrogens (tertiary/aromatic N) is 3. The number of hydrogen-bond acceptors (Lipinski definition) is 5. The number of aromatic nitrogens is 2. The van der Waals surface area contributed by atoms with E-state index in [2.05, 4.69) is 26.3 Å². The second kappa shape index (κ2) is 5.88. The van der Waals surface area contributed by atoms with E-state index in [4.69, 9.17) is 4.74 Å². The molecule has 1 aromatic carbocycles. The molecule has 1 aliphatic heterocycles. The zero-order chi connectivity index (χ0) is 13.8. The molecule has 5 nitrogen and oxygen atoms in total. The molecule has 1 aromatic heterocycles. The monoisotopic (exact) mass is 270 g/mol. The third-order valence-electron chi connectivity index (χ3n) is 3.27. The zero-order valence-corrected chi connectivity index (χ0v) is 11.5. The topological polar surface area (TPSA) is 50.3 Å². The molecule has 0 saturated carbocycles. The molecule has 20 heavy (non-hydrogen) atoms. The van der Waals surface area contributed by atoms with Gasteiger partial charge in [-0.2, -0.15) is 0 Å². The van der Waals surface area contributed by atoms with Gasteiger partial charge >= 0.3 is 0 Å². The molecule has 2 aromatic rings. The molecular formula is C15H18N4O. The number of para-hydroxylation sites is 2. The number of fused-ring (bicyclic) bond motifs is 1. The Balaban J connectivity index is 1.92. The summed E-state index contributed by atoms with van der Waals surface area (Å²) >= 11 is 0. The molecule has 1 N–H and O–H groups in total. The average molecular weight is 270 g/mol. The summed E-state index contributed by atoms with van der Waals surface area (Å²) in [4.78, 5) is 11.1. The smallest absolute Gasteiger partial charge is 0.151 e. The van der Waals surface area contributed by atoms with Crippen LogP contribution in [0.5, 0.6) is 5.75 Å². The molecule has 0 unspecified atom stereocenters. The van der Waals surface area contributed by atoms with E-state index in [1.165, 1.54) is 0 Å². The van der Waals surface area contributed by atoms with E-state index < -0.39 is 0 Å². The first-order chi connectivity index (χ1) is 9.88. The van der Waals surface area contributed by atoms with Crippen LogP contribution in [-0.4, -0.2) is 30.2 Å². The van der Waals surface area contributed by atoms with Gasteiger partial charge in [-0.25, -0.2) is 4.98 Å². The average Bonchev–Trinajstić information content (AvgIpc) is 2.71. The number of nitrogens with one attached hydrogen (secondary N) is 1. The lowest BCUT2D eigenvalue weighted by atomic mass is 10.2. The molecule has 0 spiro atoms. The van der Waals surface area contributed by atoms with Gasteiger partial charge in [0.05, 0.1) is 30.4 Å². The quantitative estimate of drug-likeness (QED) is 0.925. The van der Waals surface area contributed by atoms with Crippen LogP contribution in [0, 0.1) is 0 Å². The predicted octanol–water partition coefficient (Wildman–Crippen LogP) is 2.12. The maximum atomic E-state index is 5.76. The highest BCUT2D eigenvalue weighted by Gasteiger charge is 2.18. The van der Waals surface area contributed by atoms with Gasteiger partial charge in [-0.05, 0) is 25.6 Å². The van der Waals surface area contributed by atoms with Crippen molar-refractivity contribution in [3.8, 4) is 5.75 Å². The predicted molar refractivity (Wildman–Crippen MR) is 78.4 cm³/mol. The van der Waals surface area contributed by atoms with Crippen LogP contribution in [0.3, 0.4) is 0 Å². The van der Waals surface area contributed by atoms with Gasteiger partial charge < -0.3 is 15.0 Å². The normalized spacial score (nSPS) is 14.3. The van der Waals surface area contributed by atoms with E-state index in [1.807, 2.05) is 37.6 Å². The maximum Gasteiger partial charge on any atom is 0.151 e. The van der Waals surface area contributed by atoms with Gasteiger partial charge in [-0.1, -0.05) is 12.1 Å². The molecule has 1 aliphatic rings. The molecule has 0 bridgehead atoms. The van der Waals surface area contributed by atoms with Gasteiger partial charge in [0.25, 0.3) is 0 Å². The first-order valence-electron chi connectivity index (χ1n) is 6.83. The summed E-state index contributed by atoms with van der Waals surface area (Å²) in [7, 11) is 1.90. The van der Waals surface area contributed by atoms with E-state index in [9.17, 15) is 0 Å². The van der Waals surface area contributed by atoms with E-state index in [1.54, 1.807) is 0 Å². The SMILES string of the molecule is CNCc1cnc(N2CCCOc3ccccc32)cn1. The van der Waals surface area contributed by atoms with Crippen LogP contribution in [-0.2, 0) is 6.54 Å². The largest absolute Gasteiger partial charge is 0.491 e. The zero-order valence-electron chi connectivity index (χ0n) is 11.5. The number of rotatable bonds is 3. The molecule has 0 atom stereocenters. The van der Waals surface area contributed by atoms with E-state index in [-0.39, 0.29) is 0 Å². The Hall–Kier alpha value is -2.14. The first kappa shape index (κ1) is 12.9. The summed E-state index contributed by atoms with van der Waals surface area (Å²) in [5.74, 6) is 1.77. The highest BCUT2D eigenvalue weighted by molar-refractivity contribution is 5.67. The summed E-state index contributed by atoms with van der Waals surface area (Å²) in [5, 5.41) is 3.07. The highest BCUT2D eigenvalue weighted by atomic mass is 16.5. The fourth-order valence-corrected chi connectivity index (χ4v) is 2.33. The Morgan fingerprint density at radius 1 is 1.25 bits per heavy atom. The molecule has 0 fully saturated rings. The molecule has 0 saturated heterocycles. The minimum atomic E-state index is 0.729. The minimum absolute atomic E-state index is 0.729. The molecule has 2 heterocycles. The molecule has 3 rings (SSSR count). The second-order valence-corrected chi connectivity index (χ2v) is 4.72. The van der Waals surface area contributed by atoms with Gasteiger partial charge in [0.1, 0.15) is 5.75 Å². The van der Waals surface area contributed by atoms with Crippen LogP contribution in [0.25, 0.3) is 0 Å². The third kappa shape index (κ3) is 2.58. The minimum Gasteiger partial charge on any atom is -0.491 e. The van der Waals surface area contributed by atoms with E-state index >= 15 is 0 Å². The van der Waals surface area contributed by atoms with Gasteiger partial charge in [-0.15, -0.1) is 0 Å². The Morgan fingerprint density at radius 3 is 2.95 bits per heavy atom. The van der Waals surface area contributed by atoms with Crippen LogP contribution < -0.4 is 15.0 Å². The molecule has 104 valence electrons. The summed E-state index contributed by atoms with van der Waals surface area (Å²) in [6.45, 7) is 2.35. The van der Waals surface area contributed by atoms with Crippen LogP contribution >= 0.6 is 0 Å². The van der Waals surface area contributed by atoms with Crippen molar-refractivity contribution in [2.45, 2.75) is 13.0 Å². The summed E-state index contributed by atoms with van der Waals surface area (Å²) < 4.78 is 5.76. The van der Waals surface area contributed by atoms with Crippen molar-refractivity contribution in [1.82, 2.24) is 15.3 Å². The third-order valence-corrected chi connectivity index (χ3v) is 3.27. The fraction of sp³-hybridized carbons (Fsp3) is 0.333. The number of anilines is 2. The van der Waals surface area contributed by atoms with Crippen LogP contribution in [0.4, 0.5) is 11.5 Å². The van der Waals surface area contributed by atoms with Crippen LogP contribution in [0.1, 0.15) is 12.1 Å².